The smallest absolute Gasteiger partial charge is 0.165 e. The molecule has 0 saturated heterocycles. The van der Waals surface area contributed by atoms with Crippen LogP contribution >= 0.6 is 0 Å². The molecule has 4 N–H and O–H groups in total. The highest BCUT2D eigenvalue weighted by Gasteiger charge is 2.54. The third kappa shape index (κ3) is 6.65. The quantitative estimate of drug-likeness (QED) is 0.194. The monoisotopic (exact) mass is 562 g/mol. The molecule has 1 fully saturated rings. The zero-order chi connectivity index (χ0) is 29.9. The normalized spacial score (nSPS) is 24.1. The van der Waals surface area contributed by atoms with Crippen molar-refractivity contribution < 1.29 is 29.9 Å². The molecule has 0 spiro atoms. The van der Waals surface area contributed by atoms with Crippen LogP contribution < -0.4 is 9.47 Å². The summed E-state index contributed by atoms with van der Waals surface area (Å²) in [4.78, 5) is 0. The van der Waals surface area contributed by atoms with E-state index in [1.807, 2.05) is 44.2 Å². The Kier molecular flexibility index (Phi) is 9.25. The van der Waals surface area contributed by atoms with Gasteiger partial charge in [0.1, 0.15) is 17.1 Å². The van der Waals surface area contributed by atoms with Crippen LogP contribution in [0.15, 0.2) is 47.6 Å². The van der Waals surface area contributed by atoms with Gasteiger partial charge >= 0.3 is 0 Å². The average Bonchev–Trinajstić information content (AvgIpc) is 2.92. The maximum Gasteiger partial charge on any atom is 0.165 e. The number of aromatic hydroxyl groups is 2. The van der Waals surface area contributed by atoms with E-state index in [9.17, 15) is 15.3 Å². The predicted octanol–water partition coefficient (Wildman–Crippen LogP) is 6.98. The van der Waals surface area contributed by atoms with Gasteiger partial charge in [-0.25, -0.2) is 0 Å². The Balaban J connectivity index is 1.53. The van der Waals surface area contributed by atoms with E-state index in [0.29, 0.717) is 23.3 Å². The van der Waals surface area contributed by atoms with Gasteiger partial charge in [0.15, 0.2) is 11.5 Å². The molecule has 3 unspecified atom stereocenters. The van der Waals surface area contributed by atoms with Crippen molar-refractivity contribution in [3.8, 4) is 23.0 Å². The number of aliphatic hydroxyl groups is 2. The highest BCUT2D eigenvalue weighted by atomic mass is 16.5. The van der Waals surface area contributed by atoms with Crippen molar-refractivity contribution in [2.24, 2.45) is 11.3 Å². The molecule has 1 aliphatic heterocycles. The second kappa shape index (κ2) is 12.3. The van der Waals surface area contributed by atoms with E-state index in [0.717, 1.165) is 60.1 Å². The van der Waals surface area contributed by atoms with Gasteiger partial charge in [-0.1, -0.05) is 49.3 Å². The standard InChI is InChI=1S/C35H46O6/c1-22(8-7-9-23(2)21-36)10-13-27-28(37)17-25(18-29(27)38)12-11-24-16-26-20-31-34(3,4)32(39)14-15-35(31,5)41-33(26)30(19-24)40-6/h9-12,16-19,31-32,36-39H,7-8,13-15,20-21H2,1-6H3/b12-11+,22-10+,23-9+. The van der Waals surface area contributed by atoms with Crippen molar-refractivity contribution in [3.05, 3.63) is 69.8 Å². The van der Waals surface area contributed by atoms with Crippen LogP contribution in [0.4, 0.5) is 0 Å². The number of phenols is 2. The number of aliphatic hydroxyl groups excluding tert-OH is 2. The lowest BCUT2D eigenvalue weighted by Crippen LogP contribution is -2.58. The molecule has 2 aromatic rings. The number of hydrogen-bond donors (Lipinski definition) is 4. The molecule has 1 aliphatic carbocycles. The minimum Gasteiger partial charge on any atom is -0.507 e. The fraction of sp³-hybridized carbons (Fsp3) is 0.486. The van der Waals surface area contributed by atoms with Crippen LogP contribution in [0.25, 0.3) is 12.2 Å². The number of benzene rings is 2. The first-order valence-corrected chi connectivity index (χ1v) is 14.6. The highest BCUT2D eigenvalue weighted by Crippen LogP contribution is 2.55. The summed E-state index contributed by atoms with van der Waals surface area (Å²) in [5.41, 5.74) is 4.64. The van der Waals surface area contributed by atoms with Crippen molar-refractivity contribution in [1.82, 2.24) is 0 Å². The SMILES string of the molecule is COc1cc(/C=C/c2cc(O)c(C/C=C(\C)CC/C=C(\C)CO)c(O)c2)cc2c1OC1(C)CCC(O)C(C)(C)C1C2. The molecule has 6 heteroatoms. The van der Waals surface area contributed by atoms with Gasteiger partial charge in [-0.15, -0.1) is 0 Å². The van der Waals surface area contributed by atoms with Crippen molar-refractivity contribution in [2.75, 3.05) is 13.7 Å². The third-order valence-corrected chi connectivity index (χ3v) is 9.17. The topological polar surface area (TPSA) is 99.4 Å². The number of hydrogen-bond acceptors (Lipinski definition) is 6. The Labute approximate surface area is 244 Å². The van der Waals surface area contributed by atoms with Gasteiger partial charge in [-0.3, -0.25) is 0 Å². The molecule has 0 radical (unpaired) electrons. The van der Waals surface area contributed by atoms with Gasteiger partial charge in [-0.05, 0) is 106 Å². The van der Waals surface area contributed by atoms with E-state index < -0.39 is 0 Å². The maximum absolute atomic E-state index is 10.7. The number of ether oxygens (including phenoxy) is 2. The second-order valence-electron chi connectivity index (χ2n) is 12.6. The molecule has 0 bridgehead atoms. The van der Waals surface area contributed by atoms with Crippen molar-refractivity contribution in [1.29, 1.82) is 0 Å². The van der Waals surface area contributed by atoms with Crippen LogP contribution in [0.1, 0.15) is 82.6 Å². The fourth-order valence-corrected chi connectivity index (χ4v) is 6.39. The van der Waals surface area contributed by atoms with Crippen LogP contribution in [0.5, 0.6) is 23.0 Å². The summed E-state index contributed by atoms with van der Waals surface area (Å²) in [5, 5.41) is 41.2. The first-order valence-electron chi connectivity index (χ1n) is 14.6. The van der Waals surface area contributed by atoms with E-state index in [1.165, 1.54) is 0 Å². The molecule has 1 saturated carbocycles. The van der Waals surface area contributed by atoms with E-state index >= 15 is 0 Å². The van der Waals surface area contributed by atoms with Gasteiger partial charge < -0.3 is 29.9 Å². The Morgan fingerprint density at radius 3 is 2.29 bits per heavy atom. The Morgan fingerprint density at radius 1 is 1.00 bits per heavy atom. The van der Waals surface area contributed by atoms with Crippen molar-refractivity contribution >= 4 is 12.2 Å². The lowest BCUT2D eigenvalue weighted by Gasteiger charge is -2.55. The van der Waals surface area contributed by atoms with Crippen molar-refractivity contribution in [3.63, 3.8) is 0 Å². The minimum atomic E-state index is -0.364. The highest BCUT2D eigenvalue weighted by molar-refractivity contribution is 5.73. The van der Waals surface area contributed by atoms with Gasteiger partial charge in [0.05, 0.1) is 19.8 Å². The predicted molar refractivity (Wildman–Crippen MR) is 164 cm³/mol. The summed E-state index contributed by atoms with van der Waals surface area (Å²) in [5.74, 6) is 1.72. The summed E-state index contributed by atoms with van der Waals surface area (Å²) in [7, 11) is 1.65. The molecular weight excluding hydrogens is 516 g/mol. The van der Waals surface area contributed by atoms with Crippen molar-refractivity contribution in [2.45, 2.75) is 84.8 Å². The number of phenolic OH excluding ortho intramolecular Hbond substituents is 2. The number of fused-ring (bicyclic) bond motifs is 2. The Bertz CT molecular complexity index is 1330. The molecule has 222 valence electrons. The Hall–Kier alpha value is -3.22. The number of allylic oxidation sites excluding steroid dienone is 3. The molecule has 41 heavy (non-hydrogen) atoms. The second-order valence-corrected chi connectivity index (χ2v) is 12.6. The minimum absolute atomic E-state index is 0.0542. The molecule has 0 amide bonds. The summed E-state index contributed by atoms with van der Waals surface area (Å²) < 4.78 is 12.4. The maximum atomic E-state index is 10.7. The van der Waals surface area contributed by atoms with Crippen LogP contribution in [0.2, 0.25) is 0 Å². The van der Waals surface area contributed by atoms with E-state index in [2.05, 4.69) is 26.8 Å². The number of methoxy groups -OCH3 is 1. The van der Waals surface area contributed by atoms with Crippen LogP contribution in [0.3, 0.4) is 0 Å². The molecule has 1 heterocycles. The van der Waals surface area contributed by atoms with E-state index in [4.69, 9.17) is 14.6 Å². The van der Waals surface area contributed by atoms with E-state index in [1.54, 1.807) is 19.2 Å². The molecule has 3 atom stereocenters. The zero-order valence-electron chi connectivity index (χ0n) is 25.3. The van der Waals surface area contributed by atoms with Crippen LogP contribution in [-0.2, 0) is 12.8 Å². The first kappa shape index (κ1) is 30.7. The van der Waals surface area contributed by atoms with Crippen LogP contribution in [-0.4, -0.2) is 45.8 Å². The molecular formula is C35H46O6. The molecule has 4 rings (SSSR count). The van der Waals surface area contributed by atoms with Gasteiger partial charge in [0.2, 0.25) is 0 Å². The average molecular weight is 563 g/mol. The fourth-order valence-electron chi connectivity index (χ4n) is 6.39. The van der Waals surface area contributed by atoms with Gasteiger partial charge in [0, 0.05) is 11.5 Å². The van der Waals surface area contributed by atoms with Crippen LogP contribution in [0, 0.1) is 11.3 Å². The number of rotatable bonds is 9. The Morgan fingerprint density at radius 2 is 1.66 bits per heavy atom. The lowest BCUT2D eigenvalue weighted by atomic mass is 9.57. The molecule has 2 aromatic carbocycles. The summed E-state index contributed by atoms with van der Waals surface area (Å²) in [6.45, 7) is 10.4. The molecule has 0 aromatic heterocycles. The molecule has 6 nitrogen and oxygen atoms in total. The first-order chi connectivity index (χ1) is 19.4. The largest absolute Gasteiger partial charge is 0.507 e. The molecule has 2 aliphatic rings. The van der Waals surface area contributed by atoms with E-state index in [-0.39, 0.29) is 41.1 Å². The zero-order valence-corrected chi connectivity index (χ0v) is 25.3. The summed E-state index contributed by atoms with van der Waals surface area (Å²) in [6.07, 6.45) is 11.9. The lowest BCUT2D eigenvalue weighted by molar-refractivity contribution is -0.138. The van der Waals surface area contributed by atoms with Gasteiger partial charge in [-0.2, -0.15) is 0 Å². The summed E-state index contributed by atoms with van der Waals surface area (Å²) in [6, 6.07) is 7.38. The third-order valence-electron chi connectivity index (χ3n) is 9.17. The summed E-state index contributed by atoms with van der Waals surface area (Å²) >= 11 is 0. The van der Waals surface area contributed by atoms with Gasteiger partial charge in [0.25, 0.3) is 0 Å².